The van der Waals surface area contributed by atoms with Gasteiger partial charge in [-0.3, -0.25) is 0 Å². The second-order valence-electron chi connectivity index (χ2n) is 11.0. The molecule has 2 heteroatoms. The number of hydrogen-bond donors (Lipinski definition) is 0. The summed E-state index contributed by atoms with van der Waals surface area (Å²) in [5.41, 5.74) is 6.01. The van der Waals surface area contributed by atoms with Crippen LogP contribution >= 0.6 is 0 Å². The first-order valence-electron chi connectivity index (χ1n) is 10.1. The van der Waals surface area contributed by atoms with E-state index < -0.39 is 16.1 Å². The topological polar surface area (TPSA) is 0 Å². The van der Waals surface area contributed by atoms with E-state index in [0.29, 0.717) is 0 Å². The van der Waals surface area contributed by atoms with Crippen molar-refractivity contribution in [2.75, 3.05) is 0 Å². The highest BCUT2D eigenvalue weighted by atomic mass is 28.3. The van der Waals surface area contributed by atoms with Crippen LogP contribution in [0.15, 0.2) is 41.0 Å². The number of rotatable bonds is 3. The second-order valence-corrected chi connectivity index (χ2v) is 21.4. The molecule has 0 bridgehead atoms. The molecule has 2 atom stereocenters. The maximum absolute atomic E-state index is 2.64. The van der Waals surface area contributed by atoms with Gasteiger partial charge in [-0.05, 0) is 38.3 Å². The summed E-state index contributed by atoms with van der Waals surface area (Å²) in [5.74, 6) is 0. The molecule has 1 aliphatic carbocycles. The lowest BCUT2D eigenvalue weighted by atomic mass is 10.0. The summed E-state index contributed by atoms with van der Waals surface area (Å²) in [6.45, 7) is 29.3. The lowest BCUT2D eigenvalue weighted by Crippen LogP contribution is -2.61. The van der Waals surface area contributed by atoms with Crippen molar-refractivity contribution in [3.63, 3.8) is 0 Å². The average Bonchev–Trinajstić information content (AvgIpc) is 2.68. The fraction of sp³-hybridized carbons (Fsp3) is 0.583. The van der Waals surface area contributed by atoms with Gasteiger partial charge < -0.3 is 0 Å². The number of benzene rings is 1. The summed E-state index contributed by atoms with van der Waals surface area (Å²) in [6.07, 6.45) is 2.60. The average molecular weight is 385 g/mol. The van der Waals surface area contributed by atoms with Gasteiger partial charge in [0.05, 0.1) is 8.07 Å². The van der Waals surface area contributed by atoms with E-state index in [2.05, 4.69) is 106 Å². The fourth-order valence-corrected chi connectivity index (χ4v) is 11.7. The molecule has 1 aromatic rings. The molecular weight excluding hydrogens is 344 g/mol. The zero-order chi connectivity index (χ0) is 20.3. The minimum Gasteiger partial charge on any atom is -0.0737 e. The van der Waals surface area contributed by atoms with Crippen molar-refractivity contribution >= 4 is 26.5 Å². The van der Waals surface area contributed by atoms with E-state index in [1.165, 1.54) is 16.7 Å². The molecule has 0 saturated carbocycles. The summed E-state index contributed by atoms with van der Waals surface area (Å²) < 4.78 is 0. The molecule has 2 unspecified atom stereocenters. The van der Waals surface area contributed by atoms with Crippen molar-refractivity contribution < 1.29 is 0 Å². The Morgan fingerprint density at radius 2 is 1.31 bits per heavy atom. The van der Waals surface area contributed by atoms with Crippen molar-refractivity contribution in [3.05, 3.63) is 46.6 Å². The van der Waals surface area contributed by atoms with Gasteiger partial charge in [0.2, 0.25) is 0 Å². The van der Waals surface area contributed by atoms with E-state index in [1.54, 1.807) is 15.9 Å². The maximum Gasteiger partial charge on any atom is 0.103 e. The molecule has 1 aromatic carbocycles. The first-order valence-corrected chi connectivity index (χ1v) is 16.1. The van der Waals surface area contributed by atoms with Crippen LogP contribution in [0, 0.1) is 6.92 Å². The second kappa shape index (κ2) is 6.34. The Bertz CT molecular complexity index is 783. The van der Waals surface area contributed by atoms with Gasteiger partial charge in [-0.25, -0.2) is 0 Å². The summed E-state index contributed by atoms with van der Waals surface area (Å²) in [4.78, 5) is 0. The Labute approximate surface area is 164 Å². The molecule has 144 valence electrons. The maximum atomic E-state index is 2.64. The molecule has 0 N–H and O–H groups in total. The first-order chi connectivity index (χ1) is 11.6. The van der Waals surface area contributed by atoms with Crippen molar-refractivity contribution in [1.82, 2.24) is 0 Å². The van der Waals surface area contributed by atoms with E-state index in [1.807, 2.05) is 0 Å². The van der Waals surface area contributed by atoms with Gasteiger partial charge in [-0.1, -0.05) is 105 Å². The fourth-order valence-electron chi connectivity index (χ4n) is 4.87. The van der Waals surface area contributed by atoms with Gasteiger partial charge in [0.15, 0.2) is 0 Å². The van der Waals surface area contributed by atoms with Crippen molar-refractivity contribution in [3.8, 4) is 0 Å². The van der Waals surface area contributed by atoms with Gasteiger partial charge in [0.25, 0.3) is 0 Å². The minimum atomic E-state index is -1.92. The molecule has 2 rings (SSSR count). The van der Waals surface area contributed by atoms with E-state index in [4.69, 9.17) is 0 Å². The van der Waals surface area contributed by atoms with Crippen molar-refractivity contribution in [1.29, 1.82) is 0 Å². The summed E-state index contributed by atoms with van der Waals surface area (Å²) >= 11 is 0. The predicted molar refractivity (Wildman–Crippen MR) is 126 cm³/mol. The Hall–Kier alpha value is -0.866. The molecule has 0 aliphatic heterocycles. The summed E-state index contributed by atoms with van der Waals surface area (Å²) in [5, 5.41) is 3.69. The molecule has 0 spiro atoms. The third kappa shape index (κ3) is 3.13. The number of aryl methyl sites for hydroxylation is 1. The van der Waals surface area contributed by atoms with Crippen molar-refractivity contribution in [2.24, 2.45) is 0 Å². The van der Waals surface area contributed by atoms with Crippen LogP contribution in [0.1, 0.15) is 54.0 Å². The molecule has 0 fully saturated rings. The molecular formula is C24H40Si2. The third-order valence-electron chi connectivity index (χ3n) is 7.50. The standard InChI is InChI=1S/C24H40Si2/c1-17-13-21(25(9,10)11)15-22(14-17)26(12,23(5,6)7)24(8)16-18(2)19(3)20(24)4/h13-16H,1-12H3. The van der Waals surface area contributed by atoms with Crippen LogP contribution in [0.25, 0.3) is 0 Å². The monoisotopic (exact) mass is 384 g/mol. The highest BCUT2D eigenvalue weighted by Crippen LogP contribution is 2.60. The molecule has 1 aliphatic rings. The quantitative estimate of drug-likeness (QED) is 0.510. The van der Waals surface area contributed by atoms with Crippen LogP contribution in [0.3, 0.4) is 0 Å². The molecule has 0 nitrogen and oxygen atoms in total. The van der Waals surface area contributed by atoms with Crippen molar-refractivity contribution in [2.45, 2.75) is 91.7 Å². The largest absolute Gasteiger partial charge is 0.103 e. The summed E-state index contributed by atoms with van der Waals surface area (Å²) in [7, 11) is -3.27. The lowest BCUT2D eigenvalue weighted by molar-refractivity contribution is 0.676. The summed E-state index contributed by atoms with van der Waals surface area (Å²) in [6, 6.07) is 7.56. The van der Waals surface area contributed by atoms with E-state index >= 15 is 0 Å². The van der Waals surface area contributed by atoms with E-state index in [-0.39, 0.29) is 10.1 Å². The van der Waals surface area contributed by atoms with Crippen LogP contribution in [0.4, 0.5) is 0 Å². The van der Waals surface area contributed by atoms with Crippen LogP contribution in [-0.2, 0) is 0 Å². The highest BCUT2D eigenvalue weighted by Gasteiger charge is 2.56. The van der Waals surface area contributed by atoms with Gasteiger partial charge in [0, 0.05) is 5.04 Å². The zero-order valence-electron chi connectivity index (χ0n) is 19.3. The number of allylic oxidation sites excluding steroid dienone is 4. The smallest absolute Gasteiger partial charge is 0.0737 e. The lowest BCUT2D eigenvalue weighted by Gasteiger charge is -2.52. The van der Waals surface area contributed by atoms with E-state index in [0.717, 1.165) is 0 Å². The van der Waals surface area contributed by atoms with Crippen LogP contribution < -0.4 is 10.4 Å². The highest BCUT2D eigenvalue weighted by molar-refractivity contribution is 6.97. The molecule has 26 heavy (non-hydrogen) atoms. The predicted octanol–water partition coefficient (Wildman–Crippen LogP) is 6.68. The Morgan fingerprint density at radius 3 is 1.69 bits per heavy atom. The molecule has 0 saturated heterocycles. The Kier molecular flexibility index (Phi) is 5.23. The van der Waals surface area contributed by atoms with Gasteiger partial charge in [0.1, 0.15) is 8.07 Å². The Balaban J connectivity index is 2.86. The minimum absolute atomic E-state index is 0.171. The van der Waals surface area contributed by atoms with Crippen LogP contribution in [0.5, 0.6) is 0 Å². The zero-order valence-corrected chi connectivity index (χ0v) is 21.3. The van der Waals surface area contributed by atoms with Gasteiger partial charge in [-0.2, -0.15) is 0 Å². The van der Waals surface area contributed by atoms with Gasteiger partial charge in [-0.15, -0.1) is 0 Å². The molecule has 0 radical (unpaired) electrons. The van der Waals surface area contributed by atoms with E-state index in [9.17, 15) is 0 Å². The third-order valence-corrected chi connectivity index (χ3v) is 16.6. The molecule has 0 amide bonds. The van der Waals surface area contributed by atoms with Crippen LogP contribution in [-0.4, -0.2) is 16.1 Å². The van der Waals surface area contributed by atoms with Gasteiger partial charge >= 0.3 is 0 Å². The first kappa shape index (κ1) is 21.4. The molecule has 0 heterocycles. The SMILES string of the molecule is CC1=CC(C)([Si](C)(c2cc(C)cc([Si](C)(C)C)c2)C(C)(C)C)C(C)=C1C. The molecule has 0 aromatic heterocycles. The number of hydrogen-bond acceptors (Lipinski definition) is 0. The normalized spacial score (nSPS) is 23.9. The van der Waals surface area contributed by atoms with Crippen LogP contribution in [0.2, 0.25) is 36.3 Å². The Morgan fingerprint density at radius 1 is 0.808 bits per heavy atom.